The summed E-state index contributed by atoms with van der Waals surface area (Å²) in [7, 11) is 1.99. The molecule has 4 rings (SSSR count). The van der Waals surface area contributed by atoms with Crippen molar-refractivity contribution in [1.29, 1.82) is 0 Å². The molecule has 1 fully saturated rings. The van der Waals surface area contributed by atoms with E-state index < -0.39 is 23.7 Å². The number of amides is 1. The molecule has 0 unspecified atom stereocenters. The van der Waals surface area contributed by atoms with Gasteiger partial charge in [-0.1, -0.05) is 6.07 Å². The Labute approximate surface area is 198 Å². The van der Waals surface area contributed by atoms with Crippen LogP contribution in [0, 0.1) is 0 Å². The second kappa shape index (κ2) is 9.58. The normalized spacial score (nSPS) is 20.8. The molecule has 0 spiro atoms. The second-order valence-corrected chi connectivity index (χ2v) is 9.12. The summed E-state index contributed by atoms with van der Waals surface area (Å²) < 4.78 is 78.3. The molecule has 0 bridgehead atoms. The molecule has 1 aromatic carbocycles. The Kier molecular flexibility index (Phi) is 6.88. The number of pyridine rings is 1. The quantitative estimate of drug-likeness (QED) is 0.533. The smallest absolute Gasteiger partial charge is 0.382 e. The van der Waals surface area contributed by atoms with Crippen molar-refractivity contribution in [3.63, 3.8) is 0 Å². The number of fused-ring (bicyclic) bond motifs is 1. The van der Waals surface area contributed by atoms with Gasteiger partial charge in [-0.25, -0.2) is 4.98 Å². The van der Waals surface area contributed by atoms with E-state index in [1.807, 2.05) is 19.2 Å². The van der Waals surface area contributed by atoms with Gasteiger partial charge in [0.1, 0.15) is 11.4 Å². The van der Waals surface area contributed by atoms with Crippen molar-refractivity contribution >= 4 is 17.3 Å². The molecule has 0 saturated heterocycles. The van der Waals surface area contributed by atoms with Gasteiger partial charge in [-0.3, -0.25) is 4.79 Å². The molecule has 1 aromatic heterocycles. The first-order chi connectivity index (χ1) is 16.4. The van der Waals surface area contributed by atoms with Crippen LogP contribution in [0.15, 0.2) is 30.3 Å². The summed E-state index contributed by atoms with van der Waals surface area (Å²) in [5.41, 5.74) is -0.740. The number of carbonyl (C=O) groups excluding carboxylic acids is 1. The molecule has 1 aliphatic carbocycles. The molecule has 2 aliphatic rings. The van der Waals surface area contributed by atoms with Gasteiger partial charge in [-0.05, 0) is 68.4 Å². The van der Waals surface area contributed by atoms with E-state index in [4.69, 9.17) is 0 Å². The van der Waals surface area contributed by atoms with Crippen LogP contribution in [-0.2, 0) is 18.8 Å². The van der Waals surface area contributed by atoms with E-state index in [-0.39, 0.29) is 23.7 Å². The average Bonchev–Trinajstić information content (AvgIpc) is 2.79. The van der Waals surface area contributed by atoms with Crippen molar-refractivity contribution in [2.24, 2.45) is 0 Å². The van der Waals surface area contributed by atoms with Crippen LogP contribution in [0.3, 0.4) is 0 Å². The fourth-order valence-corrected chi connectivity index (χ4v) is 4.81. The second-order valence-electron chi connectivity index (χ2n) is 9.12. The molecule has 1 aliphatic heterocycles. The van der Waals surface area contributed by atoms with E-state index in [0.29, 0.717) is 43.4 Å². The van der Waals surface area contributed by atoms with Crippen molar-refractivity contribution < 1.29 is 31.1 Å². The first-order valence-electron chi connectivity index (χ1n) is 11.5. The number of halogens is 6. The standard InChI is InChI=1S/C24H26F6N4O/c1-34-11-3-5-17-18(4-2-6-19(17)34)22(35)32-15-9-7-14(8-10-15)31-16-12-20(23(25,26)27)33-21(13-16)24(28,29)30/h2,4,6,12-15H,3,5,7-11H2,1H3,(H,31,33)(H,32,35)/t14-,15+. The summed E-state index contributed by atoms with van der Waals surface area (Å²) in [4.78, 5) is 17.8. The van der Waals surface area contributed by atoms with Crippen molar-refractivity contribution in [3.8, 4) is 0 Å². The third-order valence-electron chi connectivity index (χ3n) is 6.57. The lowest BCUT2D eigenvalue weighted by molar-refractivity contribution is -0.150. The van der Waals surface area contributed by atoms with Gasteiger partial charge in [0.15, 0.2) is 0 Å². The van der Waals surface area contributed by atoms with E-state index in [1.165, 1.54) is 0 Å². The van der Waals surface area contributed by atoms with Crippen molar-refractivity contribution in [3.05, 3.63) is 52.8 Å². The molecular formula is C24H26F6N4O. The SMILES string of the molecule is CN1CCCc2c(C(=O)N[C@H]3CC[C@@H](Nc4cc(C(F)(F)F)nc(C(F)(F)F)c4)CC3)cccc21. The molecule has 5 nitrogen and oxygen atoms in total. The zero-order valence-electron chi connectivity index (χ0n) is 19.1. The predicted octanol–water partition coefficient (Wildman–Crippen LogP) is 5.65. The van der Waals surface area contributed by atoms with Crippen LogP contribution in [-0.4, -0.2) is 36.6 Å². The molecule has 2 N–H and O–H groups in total. The van der Waals surface area contributed by atoms with Crippen LogP contribution in [0.25, 0.3) is 0 Å². The number of nitrogens with zero attached hydrogens (tertiary/aromatic N) is 2. The summed E-state index contributed by atoms with van der Waals surface area (Å²) in [6.45, 7) is 0.932. The van der Waals surface area contributed by atoms with Crippen molar-refractivity contribution in [2.45, 2.75) is 63.0 Å². The minimum atomic E-state index is -4.99. The number of rotatable bonds is 4. The number of alkyl halides is 6. The summed E-state index contributed by atoms with van der Waals surface area (Å²) in [5, 5.41) is 5.85. The summed E-state index contributed by atoms with van der Waals surface area (Å²) in [6.07, 6.45) is -6.10. The third kappa shape index (κ3) is 5.82. The van der Waals surface area contributed by atoms with Gasteiger partial charge in [-0.15, -0.1) is 0 Å². The molecule has 0 atom stereocenters. The van der Waals surface area contributed by atoms with Crippen LogP contribution in [0.1, 0.15) is 59.4 Å². The number of nitrogens with one attached hydrogen (secondary N) is 2. The molecule has 35 heavy (non-hydrogen) atoms. The largest absolute Gasteiger partial charge is 0.433 e. The fourth-order valence-electron chi connectivity index (χ4n) is 4.81. The topological polar surface area (TPSA) is 57.3 Å². The lowest BCUT2D eigenvalue weighted by Gasteiger charge is -2.32. The molecule has 11 heteroatoms. The number of hydrogen-bond donors (Lipinski definition) is 2. The van der Waals surface area contributed by atoms with Gasteiger partial charge >= 0.3 is 12.4 Å². The molecule has 2 heterocycles. The Balaban J connectivity index is 1.39. The van der Waals surface area contributed by atoms with Crippen LogP contribution >= 0.6 is 0 Å². The Hall–Kier alpha value is -2.98. The molecule has 190 valence electrons. The first-order valence-corrected chi connectivity index (χ1v) is 11.5. The number of benzene rings is 1. The van der Waals surface area contributed by atoms with Gasteiger partial charge in [0.2, 0.25) is 0 Å². The minimum Gasteiger partial charge on any atom is -0.382 e. The molecular weight excluding hydrogens is 474 g/mol. The van der Waals surface area contributed by atoms with E-state index in [9.17, 15) is 31.1 Å². The van der Waals surface area contributed by atoms with Crippen molar-refractivity contribution in [1.82, 2.24) is 10.3 Å². The Bertz CT molecular complexity index is 1040. The number of hydrogen-bond acceptors (Lipinski definition) is 4. The highest BCUT2D eigenvalue weighted by atomic mass is 19.4. The van der Waals surface area contributed by atoms with Crippen LogP contribution in [0.4, 0.5) is 37.7 Å². The maximum Gasteiger partial charge on any atom is 0.433 e. The van der Waals surface area contributed by atoms with Gasteiger partial charge in [0.25, 0.3) is 5.91 Å². The molecule has 1 amide bonds. The van der Waals surface area contributed by atoms with Gasteiger partial charge in [-0.2, -0.15) is 26.3 Å². The van der Waals surface area contributed by atoms with Crippen LogP contribution < -0.4 is 15.5 Å². The monoisotopic (exact) mass is 500 g/mol. The van der Waals surface area contributed by atoms with Gasteiger partial charge in [0, 0.05) is 42.6 Å². The van der Waals surface area contributed by atoms with Crippen molar-refractivity contribution in [2.75, 3.05) is 23.8 Å². The van der Waals surface area contributed by atoms with Crippen LogP contribution in [0.5, 0.6) is 0 Å². The Morgan fingerprint density at radius 1 is 0.971 bits per heavy atom. The minimum absolute atomic E-state index is 0.119. The number of anilines is 2. The summed E-state index contributed by atoms with van der Waals surface area (Å²) >= 11 is 0. The number of aromatic nitrogens is 1. The van der Waals surface area contributed by atoms with Gasteiger partial charge in [0.05, 0.1) is 0 Å². The number of carbonyl (C=O) groups is 1. The predicted molar refractivity (Wildman–Crippen MR) is 119 cm³/mol. The van der Waals surface area contributed by atoms with E-state index in [0.717, 1.165) is 30.6 Å². The highest BCUT2D eigenvalue weighted by Gasteiger charge is 2.39. The average molecular weight is 500 g/mol. The van der Waals surface area contributed by atoms with E-state index in [1.54, 1.807) is 6.07 Å². The first kappa shape index (κ1) is 25.1. The maximum atomic E-state index is 13.1. The summed E-state index contributed by atoms with van der Waals surface area (Å²) in [5.74, 6) is -0.160. The highest BCUT2D eigenvalue weighted by Crippen LogP contribution is 2.36. The van der Waals surface area contributed by atoms with Crippen LogP contribution in [0.2, 0.25) is 0 Å². The zero-order chi connectivity index (χ0) is 25.4. The zero-order valence-corrected chi connectivity index (χ0v) is 19.1. The van der Waals surface area contributed by atoms with E-state index >= 15 is 0 Å². The van der Waals surface area contributed by atoms with E-state index in [2.05, 4.69) is 20.5 Å². The lowest BCUT2D eigenvalue weighted by atomic mass is 9.90. The maximum absolute atomic E-state index is 13.1. The highest BCUT2D eigenvalue weighted by molar-refractivity contribution is 5.97. The molecule has 1 saturated carbocycles. The molecule has 0 radical (unpaired) electrons. The fraction of sp³-hybridized carbons (Fsp3) is 0.500. The lowest BCUT2D eigenvalue weighted by Crippen LogP contribution is -2.40. The third-order valence-corrected chi connectivity index (χ3v) is 6.57. The molecule has 2 aromatic rings. The Morgan fingerprint density at radius 3 is 2.17 bits per heavy atom. The Morgan fingerprint density at radius 2 is 1.57 bits per heavy atom. The summed E-state index contributed by atoms with van der Waals surface area (Å²) in [6, 6.07) is 6.42. The van der Waals surface area contributed by atoms with Gasteiger partial charge < -0.3 is 15.5 Å².